The molecule has 1 saturated heterocycles. The Labute approximate surface area is 166 Å². The van der Waals surface area contributed by atoms with E-state index < -0.39 is 16.1 Å². The van der Waals surface area contributed by atoms with Crippen LogP contribution in [0.25, 0.3) is 0 Å². The van der Waals surface area contributed by atoms with Crippen LogP contribution in [-0.4, -0.2) is 38.3 Å². The van der Waals surface area contributed by atoms with Gasteiger partial charge in [0.1, 0.15) is 11.8 Å². The van der Waals surface area contributed by atoms with Crippen molar-refractivity contribution < 1.29 is 17.9 Å². The first-order valence-electron chi connectivity index (χ1n) is 9.29. The van der Waals surface area contributed by atoms with E-state index in [4.69, 9.17) is 4.74 Å². The second-order valence-corrected chi connectivity index (χ2v) is 9.02. The Kier molecular flexibility index (Phi) is 5.76. The van der Waals surface area contributed by atoms with Gasteiger partial charge < -0.3 is 10.1 Å². The van der Waals surface area contributed by atoms with Crippen molar-refractivity contribution in [2.24, 2.45) is 0 Å². The summed E-state index contributed by atoms with van der Waals surface area (Å²) in [7, 11) is -2.32. The van der Waals surface area contributed by atoms with Crippen molar-refractivity contribution in [2.75, 3.05) is 19.0 Å². The number of rotatable bonds is 5. The Morgan fingerprint density at radius 3 is 2.43 bits per heavy atom. The normalized spacial score (nSPS) is 17.5. The minimum atomic E-state index is -3.82. The molecule has 0 bridgehead atoms. The summed E-state index contributed by atoms with van der Waals surface area (Å²) in [4.78, 5) is 13.2. The van der Waals surface area contributed by atoms with E-state index in [1.165, 1.54) is 17.5 Å². The second kappa shape index (κ2) is 7.93. The molecule has 0 radical (unpaired) electrons. The molecule has 0 spiro atoms. The lowest BCUT2D eigenvalue weighted by atomic mass is 10.1. The Bertz CT molecular complexity index is 981. The largest absolute Gasteiger partial charge is 0.497 e. The quantitative estimate of drug-likeness (QED) is 0.832. The van der Waals surface area contributed by atoms with Crippen LogP contribution in [0.2, 0.25) is 0 Å². The predicted octanol–water partition coefficient (Wildman–Crippen LogP) is 3.41. The topological polar surface area (TPSA) is 75.7 Å². The van der Waals surface area contributed by atoms with Crippen molar-refractivity contribution in [3.63, 3.8) is 0 Å². The van der Waals surface area contributed by atoms with E-state index in [0.717, 1.165) is 16.8 Å². The first-order chi connectivity index (χ1) is 13.3. The fraction of sp³-hybridized carbons (Fsp3) is 0.381. The van der Waals surface area contributed by atoms with Crippen LogP contribution < -0.4 is 10.1 Å². The highest BCUT2D eigenvalue weighted by Crippen LogP contribution is 2.31. The van der Waals surface area contributed by atoms with Gasteiger partial charge in [-0.25, -0.2) is 8.42 Å². The summed E-state index contributed by atoms with van der Waals surface area (Å²) in [6.45, 7) is 5.91. The van der Waals surface area contributed by atoms with E-state index in [-0.39, 0.29) is 10.8 Å². The summed E-state index contributed by atoms with van der Waals surface area (Å²) in [5, 5.41) is 2.94. The molecule has 28 heavy (non-hydrogen) atoms. The van der Waals surface area contributed by atoms with Crippen molar-refractivity contribution in [1.29, 1.82) is 0 Å². The number of ether oxygens (including phenoxy) is 1. The summed E-state index contributed by atoms with van der Waals surface area (Å²) in [5.41, 5.74) is 3.27. The third-order valence-electron chi connectivity index (χ3n) is 5.22. The standard InChI is InChI=1S/C21H26N2O4S/c1-14-10-11-17(27-4)13-19(14)28(25,26)23-12-6-9-18(23)21(24)22-20-15(2)7-5-8-16(20)3/h5,7-8,10-11,13,18H,6,9,12H2,1-4H3,(H,22,24). The van der Waals surface area contributed by atoms with Gasteiger partial charge in [0.2, 0.25) is 15.9 Å². The van der Waals surface area contributed by atoms with Crippen molar-refractivity contribution in [3.05, 3.63) is 53.1 Å². The molecule has 0 aliphatic carbocycles. The van der Waals surface area contributed by atoms with Gasteiger partial charge in [0.25, 0.3) is 0 Å². The van der Waals surface area contributed by atoms with Crippen LogP contribution >= 0.6 is 0 Å². The number of benzene rings is 2. The van der Waals surface area contributed by atoms with E-state index in [9.17, 15) is 13.2 Å². The Balaban J connectivity index is 1.91. The van der Waals surface area contributed by atoms with Gasteiger partial charge >= 0.3 is 0 Å². The number of nitrogens with one attached hydrogen (secondary N) is 1. The van der Waals surface area contributed by atoms with Gasteiger partial charge in [-0.15, -0.1) is 0 Å². The van der Waals surface area contributed by atoms with Gasteiger partial charge in [0.15, 0.2) is 0 Å². The summed E-state index contributed by atoms with van der Waals surface area (Å²) in [6.07, 6.45) is 1.14. The summed E-state index contributed by atoms with van der Waals surface area (Å²) < 4.78 is 33.1. The third-order valence-corrected chi connectivity index (χ3v) is 7.27. The van der Waals surface area contributed by atoms with Crippen molar-refractivity contribution in [3.8, 4) is 5.75 Å². The number of anilines is 1. The maximum Gasteiger partial charge on any atom is 0.244 e. The molecule has 0 saturated carbocycles. The average molecular weight is 403 g/mol. The molecule has 1 amide bonds. The highest BCUT2D eigenvalue weighted by Gasteiger charge is 2.40. The fourth-order valence-corrected chi connectivity index (χ4v) is 5.52. The number of sulfonamides is 1. The maximum atomic E-state index is 13.3. The second-order valence-electron chi connectivity index (χ2n) is 7.16. The van der Waals surface area contributed by atoms with Gasteiger partial charge in [0, 0.05) is 18.3 Å². The predicted molar refractivity (Wildman–Crippen MR) is 109 cm³/mol. The molecule has 7 heteroatoms. The lowest BCUT2D eigenvalue weighted by Gasteiger charge is -2.25. The zero-order chi connectivity index (χ0) is 20.5. The van der Waals surface area contributed by atoms with Gasteiger partial charge in [-0.05, 0) is 56.4 Å². The summed E-state index contributed by atoms with van der Waals surface area (Å²) in [6, 6.07) is 10.0. The number of nitrogens with zero attached hydrogens (tertiary/aromatic N) is 1. The molecule has 0 aromatic heterocycles. The van der Waals surface area contributed by atoms with E-state index >= 15 is 0 Å². The molecule has 1 aliphatic heterocycles. The molecule has 1 fully saturated rings. The van der Waals surface area contributed by atoms with Crippen LogP contribution in [0.3, 0.4) is 0 Å². The van der Waals surface area contributed by atoms with Gasteiger partial charge in [-0.1, -0.05) is 24.3 Å². The fourth-order valence-electron chi connectivity index (χ4n) is 3.62. The number of hydrogen-bond acceptors (Lipinski definition) is 4. The first kappa shape index (κ1) is 20.4. The van der Waals surface area contributed by atoms with Gasteiger partial charge in [-0.3, -0.25) is 4.79 Å². The molecule has 1 aliphatic rings. The summed E-state index contributed by atoms with van der Waals surface area (Å²) >= 11 is 0. The smallest absolute Gasteiger partial charge is 0.244 e. The van der Waals surface area contributed by atoms with E-state index in [0.29, 0.717) is 30.7 Å². The number of para-hydroxylation sites is 1. The molecule has 150 valence electrons. The van der Waals surface area contributed by atoms with Crippen LogP contribution in [-0.2, 0) is 14.8 Å². The lowest BCUT2D eigenvalue weighted by Crippen LogP contribution is -2.43. The minimum absolute atomic E-state index is 0.179. The molecular formula is C21H26N2O4S. The van der Waals surface area contributed by atoms with E-state index in [1.54, 1.807) is 19.1 Å². The Hall–Kier alpha value is -2.38. The molecule has 1 heterocycles. The number of amides is 1. The van der Waals surface area contributed by atoms with Crippen LogP contribution in [0.4, 0.5) is 5.69 Å². The number of carbonyl (C=O) groups is 1. The molecule has 1 unspecified atom stereocenters. The molecule has 3 rings (SSSR count). The lowest BCUT2D eigenvalue weighted by molar-refractivity contribution is -0.119. The highest BCUT2D eigenvalue weighted by atomic mass is 32.2. The number of carbonyl (C=O) groups excluding carboxylic acids is 1. The minimum Gasteiger partial charge on any atom is -0.497 e. The number of methoxy groups -OCH3 is 1. The molecule has 2 aromatic rings. The summed E-state index contributed by atoms with van der Waals surface area (Å²) in [5.74, 6) is 0.180. The zero-order valence-electron chi connectivity index (χ0n) is 16.7. The van der Waals surface area contributed by atoms with Crippen molar-refractivity contribution >= 4 is 21.6 Å². The monoisotopic (exact) mass is 402 g/mol. The first-order valence-corrected chi connectivity index (χ1v) is 10.7. The number of aryl methyl sites for hydroxylation is 3. The maximum absolute atomic E-state index is 13.3. The van der Waals surface area contributed by atoms with Crippen LogP contribution in [0, 0.1) is 20.8 Å². The van der Waals surface area contributed by atoms with Crippen LogP contribution in [0.1, 0.15) is 29.5 Å². The molecular weight excluding hydrogens is 376 g/mol. The zero-order valence-corrected chi connectivity index (χ0v) is 17.5. The molecule has 1 N–H and O–H groups in total. The number of hydrogen-bond donors (Lipinski definition) is 1. The van der Waals surface area contributed by atoms with Crippen LogP contribution in [0.15, 0.2) is 41.3 Å². The average Bonchev–Trinajstić information content (AvgIpc) is 3.16. The van der Waals surface area contributed by atoms with Crippen LogP contribution in [0.5, 0.6) is 5.75 Å². The van der Waals surface area contributed by atoms with Crippen molar-refractivity contribution in [1.82, 2.24) is 4.31 Å². The van der Waals surface area contributed by atoms with Crippen molar-refractivity contribution in [2.45, 2.75) is 44.6 Å². The highest BCUT2D eigenvalue weighted by molar-refractivity contribution is 7.89. The van der Waals surface area contributed by atoms with Gasteiger partial charge in [0.05, 0.1) is 12.0 Å². The Morgan fingerprint density at radius 1 is 1.11 bits per heavy atom. The molecule has 1 atom stereocenters. The molecule has 6 nitrogen and oxygen atoms in total. The van der Waals surface area contributed by atoms with E-state index in [1.807, 2.05) is 32.0 Å². The van der Waals surface area contributed by atoms with E-state index in [2.05, 4.69) is 5.32 Å². The van der Waals surface area contributed by atoms with Gasteiger partial charge in [-0.2, -0.15) is 4.31 Å². The third kappa shape index (κ3) is 3.77. The Morgan fingerprint density at radius 2 is 1.79 bits per heavy atom. The molecule has 2 aromatic carbocycles. The SMILES string of the molecule is COc1ccc(C)c(S(=O)(=O)N2CCCC2C(=O)Nc2c(C)cccc2C)c1.